The summed E-state index contributed by atoms with van der Waals surface area (Å²) in [5, 5.41) is 3.70. The molecule has 0 saturated carbocycles. The molecule has 0 aliphatic heterocycles. The number of benzene rings is 1. The summed E-state index contributed by atoms with van der Waals surface area (Å²) in [6.45, 7) is 0.474. The van der Waals surface area contributed by atoms with Gasteiger partial charge in [-0.25, -0.2) is 0 Å². The third-order valence-corrected chi connectivity index (χ3v) is 3.26. The lowest BCUT2D eigenvalue weighted by Crippen LogP contribution is -2.24. The number of fused-ring (bicyclic) bond motifs is 1. The van der Waals surface area contributed by atoms with Gasteiger partial charge in [-0.1, -0.05) is 36.1 Å². The lowest BCUT2D eigenvalue weighted by Gasteiger charge is -2.05. The molecule has 0 aliphatic carbocycles. The topological polar surface area (TPSA) is 64.1 Å². The average Bonchev–Trinajstić information content (AvgIpc) is 2.65. The molecule has 24 heavy (non-hydrogen) atoms. The highest BCUT2D eigenvalue weighted by atomic mass is 16.5. The first-order chi connectivity index (χ1) is 11.8. The van der Waals surface area contributed by atoms with Gasteiger partial charge in [0.1, 0.15) is 23.6 Å². The molecule has 0 fully saturated rings. The number of amides is 1. The standard InChI is InChI=1S/C19H15N3O2/c23-19(16-9-1-2-11-20-16)22-12-3-4-14-24-17-10-5-7-15-8-6-13-21-18(15)17/h1-2,5-11,13H,12,14H2,(H,22,23). The summed E-state index contributed by atoms with van der Waals surface area (Å²) in [6, 6.07) is 14.8. The Labute approximate surface area is 139 Å². The number of hydrogen-bond acceptors (Lipinski definition) is 4. The molecule has 0 spiro atoms. The monoisotopic (exact) mass is 317 g/mol. The van der Waals surface area contributed by atoms with Crippen LogP contribution in [0.2, 0.25) is 0 Å². The molecule has 2 heterocycles. The number of nitrogens with one attached hydrogen (secondary N) is 1. The molecule has 0 radical (unpaired) electrons. The van der Waals surface area contributed by atoms with Gasteiger partial charge in [0.25, 0.3) is 5.91 Å². The molecule has 5 nitrogen and oxygen atoms in total. The Bertz CT molecular complexity index is 893. The van der Waals surface area contributed by atoms with Crippen molar-refractivity contribution in [2.45, 2.75) is 0 Å². The first-order valence-corrected chi connectivity index (χ1v) is 7.46. The van der Waals surface area contributed by atoms with Crippen molar-refractivity contribution in [3.8, 4) is 17.6 Å². The van der Waals surface area contributed by atoms with E-state index >= 15 is 0 Å². The first-order valence-electron chi connectivity index (χ1n) is 7.46. The Morgan fingerprint density at radius 3 is 2.75 bits per heavy atom. The molecule has 1 N–H and O–H groups in total. The van der Waals surface area contributed by atoms with Gasteiger partial charge in [0, 0.05) is 17.8 Å². The first kappa shape index (κ1) is 15.5. The molecule has 0 bridgehead atoms. The molecular weight excluding hydrogens is 302 g/mol. The zero-order chi connectivity index (χ0) is 16.6. The maximum atomic E-state index is 11.8. The van der Waals surface area contributed by atoms with Crippen molar-refractivity contribution >= 4 is 16.8 Å². The van der Waals surface area contributed by atoms with Crippen molar-refractivity contribution in [1.29, 1.82) is 0 Å². The van der Waals surface area contributed by atoms with Crippen LogP contribution in [0.15, 0.2) is 60.9 Å². The molecular formula is C19H15N3O2. The minimum absolute atomic E-state index is 0.231. The lowest BCUT2D eigenvalue weighted by atomic mass is 10.2. The number of hydrogen-bond donors (Lipinski definition) is 1. The summed E-state index contributed by atoms with van der Waals surface area (Å²) in [5.41, 5.74) is 1.18. The number of ether oxygens (including phenoxy) is 1. The van der Waals surface area contributed by atoms with E-state index in [2.05, 4.69) is 27.1 Å². The quantitative estimate of drug-likeness (QED) is 0.751. The molecule has 3 aromatic rings. The van der Waals surface area contributed by atoms with Crippen molar-refractivity contribution in [2.24, 2.45) is 0 Å². The maximum absolute atomic E-state index is 11.8. The molecule has 0 aliphatic rings. The Balaban J connectivity index is 1.50. The molecule has 118 valence electrons. The summed E-state index contributed by atoms with van der Waals surface area (Å²) in [5.74, 6) is 6.17. The maximum Gasteiger partial charge on any atom is 0.270 e. The van der Waals surface area contributed by atoms with Gasteiger partial charge >= 0.3 is 0 Å². The van der Waals surface area contributed by atoms with Crippen LogP contribution in [0.4, 0.5) is 0 Å². The fraction of sp³-hybridized carbons (Fsp3) is 0.105. The number of aromatic nitrogens is 2. The third kappa shape index (κ3) is 3.87. The highest BCUT2D eigenvalue weighted by molar-refractivity contribution is 5.92. The minimum Gasteiger partial charge on any atom is -0.479 e. The SMILES string of the molecule is O=C(NCC#CCOc1cccc2cccnc12)c1ccccn1. The minimum atomic E-state index is -0.246. The van der Waals surface area contributed by atoms with Crippen LogP contribution in [-0.2, 0) is 0 Å². The van der Waals surface area contributed by atoms with E-state index in [1.54, 1.807) is 30.6 Å². The van der Waals surface area contributed by atoms with Crippen LogP contribution >= 0.6 is 0 Å². The van der Waals surface area contributed by atoms with Crippen molar-refractivity contribution < 1.29 is 9.53 Å². The lowest BCUT2D eigenvalue weighted by molar-refractivity contribution is 0.0953. The number of pyridine rings is 2. The Morgan fingerprint density at radius 1 is 1.00 bits per heavy atom. The second kappa shape index (κ2) is 7.75. The van der Waals surface area contributed by atoms with Gasteiger partial charge in [0.2, 0.25) is 0 Å². The summed E-state index contributed by atoms with van der Waals surface area (Å²) >= 11 is 0. The number of carbonyl (C=O) groups excluding carboxylic acids is 1. The highest BCUT2D eigenvalue weighted by Crippen LogP contribution is 2.22. The largest absolute Gasteiger partial charge is 0.479 e. The normalized spacial score (nSPS) is 9.83. The molecule has 0 atom stereocenters. The summed E-state index contributed by atoms with van der Waals surface area (Å²) < 4.78 is 5.65. The fourth-order valence-corrected chi connectivity index (χ4v) is 2.13. The number of carbonyl (C=O) groups is 1. The molecule has 0 unspecified atom stereocenters. The number of rotatable bonds is 4. The van der Waals surface area contributed by atoms with Crippen LogP contribution in [0.1, 0.15) is 10.5 Å². The summed E-state index contributed by atoms with van der Waals surface area (Å²) in [4.78, 5) is 20.1. The zero-order valence-electron chi connectivity index (χ0n) is 12.9. The average molecular weight is 317 g/mol. The van der Waals surface area contributed by atoms with E-state index in [9.17, 15) is 4.79 Å². The molecule has 2 aromatic heterocycles. The predicted octanol–water partition coefficient (Wildman–Crippen LogP) is 2.44. The van der Waals surface area contributed by atoms with Crippen LogP contribution in [-0.4, -0.2) is 29.0 Å². The Morgan fingerprint density at radius 2 is 1.88 bits per heavy atom. The van der Waals surface area contributed by atoms with Crippen LogP contribution in [0.5, 0.6) is 5.75 Å². The van der Waals surface area contributed by atoms with Crippen LogP contribution < -0.4 is 10.1 Å². The highest BCUT2D eigenvalue weighted by Gasteiger charge is 2.03. The van der Waals surface area contributed by atoms with Crippen LogP contribution in [0, 0.1) is 11.8 Å². The van der Waals surface area contributed by atoms with E-state index in [-0.39, 0.29) is 19.1 Å². The fourth-order valence-electron chi connectivity index (χ4n) is 2.13. The molecule has 5 heteroatoms. The summed E-state index contributed by atoms with van der Waals surface area (Å²) in [7, 11) is 0. The van der Waals surface area contributed by atoms with Gasteiger partial charge < -0.3 is 10.1 Å². The molecule has 0 saturated heterocycles. The third-order valence-electron chi connectivity index (χ3n) is 3.26. The van der Waals surface area contributed by atoms with E-state index in [0.29, 0.717) is 11.4 Å². The van der Waals surface area contributed by atoms with E-state index in [0.717, 1.165) is 10.9 Å². The number of para-hydroxylation sites is 1. The van der Waals surface area contributed by atoms with Gasteiger partial charge in [-0.15, -0.1) is 0 Å². The van der Waals surface area contributed by atoms with Crippen molar-refractivity contribution in [3.05, 3.63) is 66.6 Å². The second-order valence-electron chi connectivity index (χ2n) is 4.87. The van der Waals surface area contributed by atoms with E-state index in [1.165, 1.54) is 0 Å². The molecule has 1 aromatic carbocycles. The smallest absolute Gasteiger partial charge is 0.270 e. The Hall–Kier alpha value is -3.39. The van der Waals surface area contributed by atoms with Crippen molar-refractivity contribution in [2.75, 3.05) is 13.2 Å². The van der Waals surface area contributed by atoms with Gasteiger partial charge in [0.05, 0.1) is 6.54 Å². The van der Waals surface area contributed by atoms with Crippen molar-refractivity contribution in [1.82, 2.24) is 15.3 Å². The zero-order valence-corrected chi connectivity index (χ0v) is 12.9. The van der Waals surface area contributed by atoms with E-state index in [1.807, 2.05) is 30.3 Å². The van der Waals surface area contributed by atoms with Gasteiger partial charge in [-0.3, -0.25) is 14.8 Å². The van der Waals surface area contributed by atoms with Gasteiger partial charge in [-0.2, -0.15) is 0 Å². The summed E-state index contributed by atoms with van der Waals surface area (Å²) in [6.07, 6.45) is 3.31. The molecule has 3 rings (SSSR count). The van der Waals surface area contributed by atoms with Gasteiger partial charge in [0.15, 0.2) is 0 Å². The van der Waals surface area contributed by atoms with E-state index in [4.69, 9.17) is 4.74 Å². The van der Waals surface area contributed by atoms with Crippen molar-refractivity contribution in [3.63, 3.8) is 0 Å². The van der Waals surface area contributed by atoms with Gasteiger partial charge in [-0.05, 0) is 24.3 Å². The van der Waals surface area contributed by atoms with E-state index < -0.39 is 0 Å². The second-order valence-corrected chi connectivity index (χ2v) is 4.87. The van der Waals surface area contributed by atoms with Crippen LogP contribution in [0.3, 0.4) is 0 Å². The molecule has 1 amide bonds. The predicted molar refractivity (Wildman–Crippen MR) is 91.6 cm³/mol. The Kier molecular flexibility index (Phi) is 5.00. The van der Waals surface area contributed by atoms with Crippen LogP contribution in [0.25, 0.3) is 10.9 Å². The number of nitrogens with zero attached hydrogens (tertiary/aromatic N) is 2.